The normalized spacial score (nSPS) is 16.0. The number of hydrogen-bond donors (Lipinski definition) is 2. The molecule has 0 fully saturated rings. The van der Waals surface area contributed by atoms with Crippen molar-refractivity contribution >= 4 is 44.4 Å². The first-order valence-corrected chi connectivity index (χ1v) is 36.3. The summed E-state index contributed by atoms with van der Waals surface area (Å²) in [5.41, 5.74) is 23.3. The number of rotatable bonds is 20. The lowest BCUT2D eigenvalue weighted by Gasteiger charge is -2.19. The van der Waals surface area contributed by atoms with E-state index in [0.29, 0.717) is 26.4 Å². The molecule has 11 rings (SSSR count). The van der Waals surface area contributed by atoms with Crippen LogP contribution in [0.4, 0.5) is 0 Å². The summed E-state index contributed by atoms with van der Waals surface area (Å²) in [5, 5.41) is 0. The second kappa shape index (κ2) is 35.0. The maximum absolute atomic E-state index is 7.22. The van der Waals surface area contributed by atoms with Crippen molar-refractivity contribution in [1.29, 1.82) is 0 Å². The molecule has 6 aliphatic rings. The SMILES string of the molecule is CCCCCCC1=C(C)c2nc1cc1[nH]c(c(C)c1CCCCCC)c1c3nc(cc4[nH]c(c(C)c4CCCCCC)c2-c2c4cccc2OCCCCCCCCCCOc2cccc(c2-1)OCCCCCCCCCCO4)C(CCCCCC)=C3C. The lowest BCUT2D eigenvalue weighted by atomic mass is 9.92. The predicted molar refractivity (Wildman–Crippen MR) is 375 cm³/mol. The highest BCUT2D eigenvalue weighted by Gasteiger charge is 2.31. The molecule has 0 atom stereocenters. The summed E-state index contributed by atoms with van der Waals surface area (Å²) < 4.78 is 28.9. The van der Waals surface area contributed by atoms with E-state index in [2.05, 4.69) is 114 Å². The van der Waals surface area contributed by atoms with E-state index in [1.807, 2.05) is 0 Å². The number of H-pyrrole nitrogens is 2. The maximum atomic E-state index is 7.22. The van der Waals surface area contributed by atoms with Crippen molar-refractivity contribution in [2.24, 2.45) is 0 Å². The highest BCUT2D eigenvalue weighted by Crippen LogP contribution is 2.51. The number of unbranched alkanes of at least 4 members (excludes halogenated alkanes) is 12. The van der Waals surface area contributed by atoms with Crippen LogP contribution in [-0.4, -0.2) is 46.4 Å². The molecule has 6 aliphatic heterocycles. The van der Waals surface area contributed by atoms with Gasteiger partial charge in [0.25, 0.3) is 0 Å². The largest absolute Gasteiger partial charge is 0.493 e. The number of fused-ring (bicyclic) bond motifs is 22. The van der Waals surface area contributed by atoms with Crippen LogP contribution in [0.25, 0.3) is 66.6 Å². The Bertz CT molecular complexity index is 3000. The first-order valence-electron chi connectivity index (χ1n) is 36.3. The van der Waals surface area contributed by atoms with Gasteiger partial charge in [-0.05, 0) is 186 Å². The number of ether oxygens (including phenoxy) is 4. The third kappa shape index (κ3) is 17.0. The van der Waals surface area contributed by atoms with Crippen molar-refractivity contribution in [3.63, 3.8) is 0 Å². The summed E-state index contributed by atoms with van der Waals surface area (Å²) in [6.07, 6.45) is 41.0. The summed E-state index contributed by atoms with van der Waals surface area (Å²) in [7, 11) is 0. The number of nitrogens with zero attached hydrogens (tertiary/aromatic N) is 2. The Morgan fingerprint density at radius 1 is 0.352 bits per heavy atom. The fraction of sp³-hybridized carbons (Fsp3) is 0.600. The molecule has 0 aliphatic carbocycles. The zero-order chi connectivity index (χ0) is 61.5. The number of aromatic nitrogens is 4. The van der Waals surface area contributed by atoms with Gasteiger partial charge in [-0.1, -0.05) is 194 Å². The van der Waals surface area contributed by atoms with Gasteiger partial charge in [-0.2, -0.15) is 0 Å². The highest BCUT2D eigenvalue weighted by atomic mass is 16.5. The van der Waals surface area contributed by atoms with Crippen LogP contribution in [0.1, 0.15) is 305 Å². The summed E-state index contributed by atoms with van der Waals surface area (Å²) >= 11 is 0. The zero-order valence-electron chi connectivity index (χ0n) is 56.4. The average molecular weight is 1200 g/mol. The van der Waals surface area contributed by atoms with Crippen LogP contribution in [0.3, 0.4) is 0 Å². The van der Waals surface area contributed by atoms with Gasteiger partial charge in [0.05, 0.1) is 71.4 Å². The molecule has 88 heavy (non-hydrogen) atoms. The highest BCUT2D eigenvalue weighted by molar-refractivity contribution is 6.05. The molecular formula is C80H114N4O4. The topological polar surface area (TPSA) is 94.3 Å². The van der Waals surface area contributed by atoms with Gasteiger partial charge in [-0.3, -0.25) is 0 Å². The second-order valence-electron chi connectivity index (χ2n) is 26.5. The van der Waals surface area contributed by atoms with Crippen molar-refractivity contribution in [1.82, 2.24) is 19.9 Å². The second-order valence-corrected chi connectivity index (χ2v) is 26.5. The van der Waals surface area contributed by atoms with Gasteiger partial charge in [0.1, 0.15) is 23.0 Å². The Morgan fingerprint density at radius 2 is 0.648 bits per heavy atom. The van der Waals surface area contributed by atoms with E-state index in [4.69, 9.17) is 28.9 Å². The van der Waals surface area contributed by atoms with Crippen molar-refractivity contribution < 1.29 is 18.9 Å². The third-order valence-electron chi connectivity index (χ3n) is 19.8. The molecular weight excluding hydrogens is 1080 g/mol. The predicted octanol–water partition coefficient (Wildman–Crippen LogP) is 24.1. The molecule has 2 aromatic carbocycles. The Kier molecular flexibility index (Phi) is 26.5. The van der Waals surface area contributed by atoms with Crippen LogP contribution in [0.2, 0.25) is 0 Å². The minimum atomic E-state index is 0.649. The number of benzene rings is 2. The van der Waals surface area contributed by atoms with Crippen LogP contribution in [0.15, 0.2) is 48.5 Å². The van der Waals surface area contributed by atoms with Gasteiger partial charge in [0.2, 0.25) is 0 Å². The lowest BCUT2D eigenvalue weighted by molar-refractivity contribution is 0.289. The third-order valence-corrected chi connectivity index (χ3v) is 19.8. The molecule has 5 aromatic rings. The van der Waals surface area contributed by atoms with Crippen LogP contribution >= 0.6 is 0 Å². The molecule has 478 valence electrons. The van der Waals surface area contributed by atoms with Crippen LogP contribution in [0, 0.1) is 13.8 Å². The van der Waals surface area contributed by atoms with E-state index in [0.717, 1.165) is 193 Å². The minimum Gasteiger partial charge on any atom is -0.493 e. The van der Waals surface area contributed by atoms with Gasteiger partial charge >= 0.3 is 0 Å². The van der Waals surface area contributed by atoms with Crippen LogP contribution in [0.5, 0.6) is 23.0 Å². The number of hydrogen-bond acceptors (Lipinski definition) is 6. The number of nitrogens with one attached hydrogen (secondary N) is 2. The number of aromatic amines is 2. The van der Waals surface area contributed by atoms with Crippen molar-refractivity contribution in [2.75, 3.05) is 26.4 Å². The molecule has 0 amide bonds. The van der Waals surface area contributed by atoms with E-state index in [9.17, 15) is 0 Å². The molecule has 0 saturated carbocycles. The smallest absolute Gasteiger partial charge is 0.131 e. The molecule has 8 heteroatoms. The Morgan fingerprint density at radius 3 is 0.955 bits per heavy atom. The van der Waals surface area contributed by atoms with Crippen molar-refractivity contribution in [2.45, 2.75) is 287 Å². The van der Waals surface area contributed by atoms with Gasteiger partial charge < -0.3 is 28.9 Å². The van der Waals surface area contributed by atoms with Crippen molar-refractivity contribution in [3.05, 3.63) is 93.6 Å². The molecule has 0 spiro atoms. The molecule has 9 heterocycles. The van der Waals surface area contributed by atoms with Crippen LogP contribution in [-0.2, 0) is 12.8 Å². The number of aryl methyl sites for hydroxylation is 4. The summed E-state index contributed by atoms with van der Waals surface area (Å²) in [6.45, 7) is 21.4. The van der Waals surface area contributed by atoms with E-state index in [-0.39, 0.29) is 0 Å². The Hall–Kier alpha value is -5.76. The van der Waals surface area contributed by atoms with E-state index in [1.54, 1.807) is 0 Å². The standard InChI is InChI=1S/C80H114N4O4/c1-9-13-17-33-43-61-57(5)77-75-73-69-47-41-48-70(73)86-52-38-30-26-22-24-28-32-40-54-88-72-50-42-49-71(87-53-39-31-27-23-21-25-29-37-51-85-69)74(72)76(79-58(6)62(44-34-18-14-10-2)66(82-79)55-65(61)81-77)80-60(8)64(46-36-20-16-12-4)68(84-80)56-67-63(45-35-19-15-11-3)59(7)78(75)83-67/h41-42,47-50,55-56,81,84H,9-40,43-46,51-54H2,1-8H3. The maximum Gasteiger partial charge on any atom is 0.131 e. The quantitative estimate of drug-likeness (QED) is 0.0754. The monoisotopic (exact) mass is 1190 g/mol. The van der Waals surface area contributed by atoms with Gasteiger partial charge in [-0.25, -0.2) is 9.97 Å². The average Bonchev–Trinajstić information content (AvgIpc) is 1.69. The Labute approximate surface area is 532 Å². The van der Waals surface area contributed by atoms with Crippen LogP contribution < -0.4 is 18.9 Å². The molecule has 12 bridgehead atoms. The summed E-state index contributed by atoms with van der Waals surface area (Å²) in [5.74, 6) is 3.52. The molecule has 2 N–H and O–H groups in total. The molecule has 0 unspecified atom stereocenters. The molecule has 0 saturated heterocycles. The van der Waals surface area contributed by atoms with E-state index < -0.39 is 0 Å². The zero-order valence-corrected chi connectivity index (χ0v) is 56.4. The van der Waals surface area contributed by atoms with E-state index in [1.165, 1.54) is 173 Å². The van der Waals surface area contributed by atoms with Gasteiger partial charge in [0.15, 0.2) is 0 Å². The number of allylic oxidation sites excluding steroid dienone is 4. The van der Waals surface area contributed by atoms with Gasteiger partial charge in [-0.15, -0.1) is 0 Å². The Balaban J connectivity index is 1.51. The minimum absolute atomic E-state index is 0.649. The van der Waals surface area contributed by atoms with E-state index >= 15 is 0 Å². The first-order chi connectivity index (χ1) is 43.3. The first kappa shape index (κ1) is 66.7. The molecule has 3 aromatic heterocycles. The van der Waals surface area contributed by atoms with Gasteiger partial charge in [0, 0.05) is 22.2 Å². The fourth-order valence-electron chi connectivity index (χ4n) is 14.4. The lowest BCUT2D eigenvalue weighted by Crippen LogP contribution is -2.04. The molecule has 0 radical (unpaired) electrons. The molecule has 8 nitrogen and oxygen atoms in total. The fourth-order valence-corrected chi connectivity index (χ4v) is 14.4. The van der Waals surface area contributed by atoms with Crippen molar-refractivity contribution in [3.8, 4) is 45.3 Å². The summed E-state index contributed by atoms with van der Waals surface area (Å²) in [6, 6.07) is 18.1. The summed E-state index contributed by atoms with van der Waals surface area (Å²) in [4.78, 5) is 20.8.